The van der Waals surface area contributed by atoms with Gasteiger partial charge in [0.05, 0.1) is 6.04 Å². The van der Waals surface area contributed by atoms with E-state index in [1.807, 2.05) is 0 Å². The summed E-state index contributed by atoms with van der Waals surface area (Å²) in [6.07, 6.45) is -1.59. The highest BCUT2D eigenvalue weighted by Crippen LogP contribution is 2.09. The maximum absolute atomic E-state index is 13.0. The Balaban J connectivity index is 2.33. The molecule has 0 bridgehead atoms. The van der Waals surface area contributed by atoms with Crippen LogP contribution in [0.5, 0.6) is 0 Å². The smallest absolute Gasteiger partial charge is 0.408 e. The molecule has 1 fully saturated rings. The number of alkyl halides is 1. The Morgan fingerprint density at radius 2 is 2.14 bits per heavy atom. The monoisotopic (exact) mass is 204 g/mol. The molecule has 1 saturated heterocycles. The molecular weight excluding hydrogens is 187 g/mol. The van der Waals surface area contributed by atoms with Crippen LogP contribution in [0, 0.1) is 0 Å². The minimum absolute atomic E-state index is 0.292. The molecule has 0 spiro atoms. The number of carbonyl (C=O) groups excluding carboxylic acids is 1. The lowest BCUT2D eigenvalue weighted by molar-refractivity contribution is 0.0490. The van der Waals surface area contributed by atoms with Gasteiger partial charge in [-0.15, -0.1) is 0 Å². The summed E-state index contributed by atoms with van der Waals surface area (Å²) < 4.78 is 18.1. The van der Waals surface area contributed by atoms with Gasteiger partial charge in [-0.2, -0.15) is 0 Å². The number of carbonyl (C=O) groups is 1. The SMILES string of the molecule is CC(C)(C)OC(=O)N[C@@H]1CNC[C@@H]1F. The zero-order valence-electron chi connectivity index (χ0n) is 8.76. The van der Waals surface area contributed by atoms with Crippen LogP contribution in [0.15, 0.2) is 0 Å². The lowest BCUT2D eigenvalue weighted by Crippen LogP contribution is -2.43. The highest BCUT2D eigenvalue weighted by molar-refractivity contribution is 5.68. The van der Waals surface area contributed by atoms with Crippen LogP contribution in [-0.4, -0.2) is 37.0 Å². The number of alkyl carbamates (subject to hydrolysis) is 1. The summed E-state index contributed by atoms with van der Waals surface area (Å²) in [5.74, 6) is 0. The van der Waals surface area contributed by atoms with Crippen molar-refractivity contribution in [2.75, 3.05) is 13.1 Å². The standard InChI is InChI=1S/C9H17FN2O2/c1-9(2,3)14-8(13)12-7-5-11-4-6(7)10/h6-7,11H,4-5H2,1-3H3,(H,12,13)/t6-,7+/m0/s1. The lowest BCUT2D eigenvalue weighted by Gasteiger charge is -2.22. The van der Waals surface area contributed by atoms with Crippen molar-refractivity contribution in [3.8, 4) is 0 Å². The molecule has 2 N–H and O–H groups in total. The fourth-order valence-corrected chi connectivity index (χ4v) is 1.25. The molecule has 82 valence electrons. The number of amides is 1. The topological polar surface area (TPSA) is 50.4 Å². The molecule has 0 radical (unpaired) electrons. The molecule has 0 aliphatic carbocycles. The molecule has 1 heterocycles. The second kappa shape index (κ2) is 4.13. The van der Waals surface area contributed by atoms with E-state index < -0.39 is 23.9 Å². The summed E-state index contributed by atoms with van der Waals surface area (Å²) in [5, 5.41) is 5.33. The fraction of sp³-hybridized carbons (Fsp3) is 0.889. The van der Waals surface area contributed by atoms with Gasteiger partial charge in [0, 0.05) is 13.1 Å². The third-order valence-electron chi connectivity index (χ3n) is 1.84. The molecular formula is C9H17FN2O2. The number of nitrogens with one attached hydrogen (secondary N) is 2. The van der Waals surface area contributed by atoms with E-state index in [0.717, 1.165) is 0 Å². The summed E-state index contributed by atoms with van der Waals surface area (Å²) in [7, 11) is 0. The van der Waals surface area contributed by atoms with Crippen LogP contribution in [0.25, 0.3) is 0 Å². The quantitative estimate of drug-likeness (QED) is 0.665. The van der Waals surface area contributed by atoms with Crippen LogP contribution >= 0.6 is 0 Å². The fourth-order valence-electron chi connectivity index (χ4n) is 1.25. The summed E-state index contributed by atoms with van der Waals surface area (Å²) >= 11 is 0. The first-order valence-electron chi connectivity index (χ1n) is 4.73. The molecule has 0 saturated carbocycles. The summed E-state index contributed by atoms with van der Waals surface area (Å²) in [4.78, 5) is 11.2. The third-order valence-corrected chi connectivity index (χ3v) is 1.84. The van der Waals surface area contributed by atoms with Gasteiger partial charge in [-0.05, 0) is 20.8 Å². The van der Waals surface area contributed by atoms with Gasteiger partial charge in [-0.25, -0.2) is 9.18 Å². The van der Waals surface area contributed by atoms with E-state index in [1.54, 1.807) is 20.8 Å². The molecule has 1 aliphatic rings. The minimum Gasteiger partial charge on any atom is -0.444 e. The second-order valence-electron chi connectivity index (χ2n) is 4.43. The van der Waals surface area contributed by atoms with Crippen LogP contribution in [-0.2, 0) is 4.74 Å². The average Bonchev–Trinajstić information content (AvgIpc) is 2.32. The van der Waals surface area contributed by atoms with Gasteiger partial charge in [-0.3, -0.25) is 0 Å². The second-order valence-corrected chi connectivity index (χ2v) is 4.43. The third kappa shape index (κ3) is 3.49. The van der Waals surface area contributed by atoms with Crippen molar-refractivity contribution in [1.29, 1.82) is 0 Å². The molecule has 0 unspecified atom stereocenters. The van der Waals surface area contributed by atoms with Gasteiger partial charge in [0.2, 0.25) is 0 Å². The van der Waals surface area contributed by atoms with Crippen molar-refractivity contribution >= 4 is 6.09 Å². The number of halogens is 1. The first-order valence-corrected chi connectivity index (χ1v) is 4.73. The van der Waals surface area contributed by atoms with Crippen LogP contribution < -0.4 is 10.6 Å². The van der Waals surface area contributed by atoms with E-state index in [2.05, 4.69) is 10.6 Å². The van der Waals surface area contributed by atoms with Crippen molar-refractivity contribution in [3.05, 3.63) is 0 Å². The van der Waals surface area contributed by atoms with Gasteiger partial charge in [-0.1, -0.05) is 0 Å². The number of hydrogen-bond donors (Lipinski definition) is 2. The Bertz CT molecular complexity index is 215. The number of hydrogen-bond acceptors (Lipinski definition) is 3. The zero-order valence-corrected chi connectivity index (χ0v) is 8.76. The number of rotatable bonds is 1. The average molecular weight is 204 g/mol. The van der Waals surface area contributed by atoms with Crippen molar-refractivity contribution in [2.45, 2.75) is 38.6 Å². The van der Waals surface area contributed by atoms with Gasteiger partial charge >= 0.3 is 6.09 Å². The van der Waals surface area contributed by atoms with Crippen LogP contribution in [0.2, 0.25) is 0 Å². The Hall–Kier alpha value is -0.840. The molecule has 4 nitrogen and oxygen atoms in total. The molecule has 1 amide bonds. The van der Waals surface area contributed by atoms with Gasteiger partial charge < -0.3 is 15.4 Å². The maximum atomic E-state index is 13.0. The molecule has 0 aromatic rings. The molecule has 1 rings (SSSR count). The molecule has 1 aliphatic heterocycles. The largest absolute Gasteiger partial charge is 0.444 e. The van der Waals surface area contributed by atoms with Crippen molar-refractivity contribution < 1.29 is 13.9 Å². The molecule has 0 aromatic carbocycles. The summed E-state index contributed by atoms with van der Waals surface area (Å²) in [5.41, 5.74) is -0.540. The predicted octanol–water partition coefficient (Wildman–Crippen LogP) is 0.821. The van der Waals surface area contributed by atoms with E-state index >= 15 is 0 Å². The van der Waals surface area contributed by atoms with Gasteiger partial charge in [0.25, 0.3) is 0 Å². The van der Waals surface area contributed by atoms with Gasteiger partial charge in [0.1, 0.15) is 11.8 Å². The summed E-state index contributed by atoms with van der Waals surface area (Å²) in [6.45, 7) is 6.06. The van der Waals surface area contributed by atoms with E-state index in [4.69, 9.17) is 4.74 Å². The highest BCUT2D eigenvalue weighted by Gasteiger charge is 2.29. The maximum Gasteiger partial charge on any atom is 0.408 e. The molecule has 2 atom stereocenters. The lowest BCUT2D eigenvalue weighted by atomic mass is 10.2. The van der Waals surface area contributed by atoms with Gasteiger partial charge in [0.15, 0.2) is 0 Å². The van der Waals surface area contributed by atoms with Crippen LogP contribution in [0.4, 0.5) is 9.18 Å². The first kappa shape index (κ1) is 11.2. The van der Waals surface area contributed by atoms with E-state index in [9.17, 15) is 9.18 Å². The zero-order chi connectivity index (χ0) is 10.8. The van der Waals surface area contributed by atoms with Crippen molar-refractivity contribution in [2.24, 2.45) is 0 Å². The summed E-state index contributed by atoms with van der Waals surface area (Å²) in [6, 6.07) is -0.468. The van der Waals surface area contributed by atoms with Crippen LogP contribution in [0.3, 0.4) is 0 Å². The van der Waals surface area contributed by atoms with Crippen LogP contribution in [0.1, 0.15) is 20.8 Å². The Morgan fingerprint density at radius 3 is 2.57 bits per heavy atom. The Morgan fingerprint density at radius 1 is 1.50 bits per heavy atom. The molecule has 14 heavy (non-hydrogen) atoms. The Kier molecular flexibility index (Phi) is 3.31. The van der Waals surface area contributed by atoms with E-state index in [1.165, 1.54) is 0 Å². The van der Waals surface area contributed by atoms with Crippen molar-refractivity contribution in [1.82, 2.24) is 10.6 Å². The Labute approximate surface area is 83.2 Å². The minimum atomic E-state index is -1.03. The van der Waals surface area contributed by atoms with E-state index in [0.29, 0.717) is 13.1 Å². The van der Waals surface area contributed by atoms with E-state index in [-0.39, 0.29) is 0 Å². The first-order chi connectivity index (χ1) is 6.38. The highest BCUT2D eigenvalue weighted by atomic mass is 19.1. The predicted molar refractivity (Wildman–Crippen MR) is 50.9 cm³/mol. The van der Waals surface area contributed by atoms with Crippen molar-refractivity contribution in [3.63, 3.8) is 0 Å². The molecule has 5 heteroatoms. The number of ether oxygens (including phenoxy) is 1. The molecule has 0 aromatic heterocycles. The normalized spacial score (nSPS) is 27.4.